The number of amides is 1. The topological polar surface area (TPSA) is 67.2 Å². The zero-order valence-electron chi connectivity index (χ0n) is 8.71. The van der Waals surface area contributed by atoms with Crippen molar-refractivity contribution in [3.05, 3.63) is 41.2 Å². The summed E-state index contributed by atoms with van der Waals surface area (Å²) in [5.74, 6) is -0.139. The Kier molecular flexibility index (Phi) is 1.89. The van der Waals surface area contributed by atoms with Crippen molar-refractivity contribution < 1.29 is 4.79 Å². The van der Waals surface area contributed by atoms with Gasteiger partial charge in [-0.1, -0.05) is 6.07 Å². The molecule has 1 amide bonds. The predicted octanol–water partition coefficient (Wildman–Crippen LogP) is 0.686. The van der Waals surface area contributed by atoms with E-state index in [0.29, 0.717) is 5.70 Å². The van der Waals surface area contributed by atoms with Gasteiger partial charge in [0.15, 0.2) is 0 Å². The van der Waals surface area contributed by atoms with E-state index >= 15 is 0 Å². The van der Waals surface area contributed by atoms with E-state index in [1.807, 2.05) is 18.2 Å². The van der Waals surface area contributed by atoms with Crippen molar-refractivity contribution in [1.82, 2.24) is 5.32 Å². The van der Waals surface area contributed by atoms with Crippen molar-refractivity contribution in [2.24, 2.45) is 5.73 Å². The van der Waals surface area contributed by atoms with Crippen LogP contribution in [0.3, 0.4) is 0 Å². The molecule has 0 saturated carbocycles. The van der Waals surface area contributed by atoms with E-state index in [0.717, 1.165) is 24.4 Å². The zero-order valence-corrected chi connectivity index (χ0v) is 8.71. The Morgan fingerprint density at radius 2 is 2.44 bits per heavy atom. The zero-order chi connectivity index (χ0) is 11.1. The molecule has 16 heavy (non-hydrogen) atoms. The van der Waals surface area contributed by atoms with Crippen molar-refractivity contribution in [2.45, 2.75) is 12.3 Å². The number of primary amides is 1. The van der Waals surface area contributed by atoms with Gasteiger partial charge in [-0.3, -0.25) is 4.79 Å². The van der Waals surface area contributed by atoms with Crippen LogP contribution in [-0.4, -0.2) is 12.5 Å². The molecule has 4 nitrogen and oxygen atoms in total. The Morgan fingerprint density at radius 3 is 3.25 bits per heavy atom. The van der Waals surface area contributed by atoms with Crippen LogP contribution < -0.4 is 16.4 Å². The minimum Gasteiger partial charge on any atom is -0.379 e. The van der Waals surface area contributed by atoms with Crippen LogP contribution in [0, 0.1) is 6.07 Å². The van der Waals surface area contributed by atoms with Gasteiger partial charge in [0.2, 0.25) is 0 Å². The fourth-order valence-corrected chi connectivity index (χ4v) is 2.43. The van der Waals surface area contributed by atoms with E-state index in [4.69, 9.17) is 5.73 Å². The van der Waals surface area contributed by atoms with Crippen molar-refractivity contribution >= 4 is 11.6 Å². The number of allylic oxidation sites excluding steroid dienone is 1. The molecule has 0 fully saturated rings. The summed E-state index contributed by atoms with van der Waals surface area (Å²) in [6.45, 7) is 0.780. The van der Waals surface area contributed by atoms with Crippen LogP contribution in [0.2, 0.25) is 0 Å². The van der Waals surface area contributed by atoms with Crippen molar-refractivity contribution in [2.75, 3.05) is 11.9 Å². The summed E-state index contributed by atoms with van der Waals surface area (Å²) in [7, 11) is 0. The van der Waals surface area contributed by atoms with Crippen molar-refractivity contribution in [3.8, 4) is 0 Å². The summed E-state index contributed by atoms with van der Waals surface area (Å²) < 4.78 is 0. The average molecular weight is 214 g/mol. The van der Waals surface area contributed by atoms with Gasteiger partial charge < -0.3 is 16.4 Å². The lowest BCUT2D eigenvalue weighted by atomic mass is 9.92. The number of rotatable bonds is 1. The van der Waals surface area contributed by atoms with Gasteiger partial charge in [0.25, 0.3) is 5.91 Å². The van der Waals surface area contributed by atoms with Crippen molar-refractivity contribution in [1.29, 1.82) is 0 Å². The van der Waals surface area contributed by atoms with Gasteiger partial charge in [-0.25, -0.2) is 0 Å². The molecule has 1 aromatic rings. The number of anilines is 1. The van der Waals surface area contributed by atoms with Gasteiger partial charge in [-0.15, -0.1) is 0 Å². The van der Waals surface area contributed by atoms with Gasteiger partial charge in [-0.2, -0.15) is 0 Å². The molecule has 4 N–H and O–H groups in total. The SMILES string of the molecule is NC(=O)C1=C2Nc3cc[c]cc3C2CCN1. The van der Waals surface area contributed by atoms with Crippen molar-refractivity contribution in [3.63, 3.8) is 0 Å². The van der Waals surface area contributed by atoms with Gasteiger partial charge in [-0.05, 0) is 30.2 Å². The molecule has 0 spiro atoms. The molecule has 1 aromatic carbocycles. The molecule has 0 saturated heterocycles. The number of fused-ring (bicyclic) bond motifs is 3. The summed E-state index contributed by atoms with van der Waals surface area (Å²) in [4.78, 5) is 11.3. The van der Waals surface area contributed by atoms with E-state index < -0.39 is 5.91 Å². The maximum absolute atomic E-state index is 11.3. The third kappa shape index (κ3) is 1.19. The van der Waals surface area contributed by atoms with Gasteiger partial charge in [0, 0.05) is 18.2 Å². The van der Waals surface area contributed by atoms with Crippen LogP contribution in [0.25, 0.3) is 0 Å². The van der Waals surface area contributed by atoms with Crippen LogP contribution in [0.5, 0.6) is 0 Å². The number of carbonyl (C=O) groups is 1. The molecular weight excluding hydrogens is 202 g/mol. The molecule has 0 aliphatic carbocycles. The predicted molar refractivity (Wildman–Crippen MR) is 60.5 cm³/mol. The first kappa shape index (κ1) is 9.27. The molecular formula is C12H12N3O. The molecule has 2 heterocycles. The Labute approximate surface area is 93.5 Å². The number of hydrogen-bond acceptors (Lipinski definition) is 3. The first-order valence-corrected chi connectivity index (χ1v) is 5.32. The second-order valence-electron chi connectivity index (χ2n) is 4.06. The van der Waals surface area contributed by atoms with E-state index in [1.54, 1.807) is 0 Å². The summed E-state index contributed by atoms with van der Waals surface area (Å²) in [6, 6.07) is 8.88. The van der Waals surface area contributed by atoms with Gasteiger partial charge in [0.1, 0.15) is 5.70 Å². The molecule has 0 bridgehead atoms. The number of nitrogens with one attached hydrogen (secondary N) is 2. The van der Waals surface area contributed by atoms with Crippen LogP contribution >= 0.6 is 0 Å². The number of nitrogens with two attached hydrogens (primary N) is 1. The Bertz CT molecular complexity index is 493. The second kappa shape index (κ2) is 3.27. The highest BCUT2D eigenvalue weighted by Crippen LogP contribution is 2.42. The molecule has 1 radical (unpaired) electrons. The van der Waals surface area contributed by atoms with Crippen LogP contribution in [0.15, 0.2) is 29.6 Å². The maximum atomic E-state index is 11.3. The lowest BCUT2D eigenvalue weighted by molar-refractivity contribution is -0.115. The van der Waals surface area contributed by atoms with Crippen LogP contribution in [-0.2, 0) is 4.79 Å². The lowest BCUT2D eigenvalue weighted by Gasteiger charge is -2.23. The Hall–Kier alpha value is -1.97. The lowest BCUT2D eigenvalue weighted by Crippen LogP contribution is -2.34. The fourth-order valence-electron chi connectivity index (χ4n) is 2.43. The van der Waals surface area contributed by atoms with E-state index in [9.17, 15) is 4.79 Å². The van der Waals surface area contributed by atoms with Gasteiger partial charge in [0.05, 0.1) is 5.70 Å². The molecule has 2 aliphatic rings. The molecule has 3 rings (SSSR count). The van der Waals surface area contributed by atoms with E-state index in [1.165, 1.54) is 5.56 Å². The standard InChI is InChI=1S/C12H12N3O/c13-12(16)11-10-8(5-6-14-11)7-3-1-2-4-9(7)15-10/h2-4,8,14-15H,5-6H2,(H2,13,16). The summed E-state index contributed by atoms with van der Waals surface area (Å²) >= 11 is 0. The molecule has 1 unspecified atom stereocenters. The average Bonchev–Trinajstić information content (AvgIpc) is 2.67. The normalized spacial score (nSPS) is 21.9. The van der Waals surface area contributed by atoms with Crippen LogP contribution in [0.4, 0.5) is 5.69 Å². The minimum atomic E-state index is -0.399. The first-order valence-electron chi connectivity index (χ1n) is 5.32. The highest BCUT2D eigenvalue weighted by atomic mass is 16.1. The smallest absolute Gasteiger partial charge is 0.266 e. The van der Waals surface area contributed by atoms with E-state index in [-0.39, 0.29) is 5.92 Å². The third-order valence-corrected chi connectivity index (χ3v) is 3.14. The van der Waals surface area contributed by atoms with E-state index in [2.05, 4.69) is 16.7 Å². The number of carbonyl (C=O) groups excluding carboxylic acids is 1. The fraction of sp³-hybridized carbons (Fsp3) is 0.250. The number of benzene rings is 1. The Balaban J connectivity index is 2.13. The minimum absolute atomic E-state index is 0.260. The maximum Gasteiger partial charge on any atom is 0.266 e. The molecule has 4 heteroatoms. The Morgan fingerprint density at radius 1 is 1.56 bits per heavy atom. The molecule has 81 valence electrons. The summed E-state index contributed by atoms with van der Waals surface area (Å²) in [5.41, 5.74) is 9.05. The summed E-state index contributed by atoms with van der Waals surface area (Å²) in [6.07, 6.45) is 0.976. The second-order valence-corrected chi connectivity index (χ2v) is 4.06. The first-order chi connectivity index (χ1) is 7.77. The monoisotopic (exact) mass is 214 g/mol. The largest absolute Gasteiger partial charge is 0.379 e. The molecule has 1 atom stereocenters. The molecule has 0 aromatic heterocycles. The highest BCUT2D eigenvalue weighted by molar-refractivity contribution is 5.94. The summed E-state index contributed by atoms with van der Waals surface area (Å²) in [5, 5.41) is 6.32. The highest BCUT2D eigenvalue weighted by Gasteiger charge is 2.33. The molecule has 2 aliphatic heterocycles. The van der Waals surface area contributed by atoms with Gasteiger partial charge >= 0.3 is 0 Å². The quantitative estimate of drug-likeness (QED) is 0.644. The van der Waals surface area contributed by atoms with Crippen LogP contribution in [0.1, 0.15) is 17.9 Å². The third-order valence-electron chi connectivity index (χ3n) is 3.14. The number of hydrogen-bond donors (Lipinski definition) is 3.